The second kappa shape index (κ2) is 6.42. The number of aliphatic carboxylic acids is 1. The van der Waals surface area contributed by atoms with Gasteiger partial charge < -0.3 is 10.4 Å². The van der Waals surface area contributed by atoms with Crippen LogP contribution in [-0.2, 0) is 14.4 Å². The number of carboxylic acid groups (broad SMARTS) is 1. The molecule has 0 fully saturated rings. The molecule has 80 valence electrons. The molecule has 0 radical (unpaired) electrons. The molecule has 1 unspecified atom stereocenters. The van der Waals surface area contributed by atoms with Crippen molar-refractivity contribution in [2.24, 2.45) is 0 Å². The second-order valence-electron chi connectivity index (χ2n) is 2.72. The van der Waals surface area contributed by atoms with Crippen molar-refractivity contribution >= 4 is 28.8 Å². The number of thioether (sulfide) groups is 1. The van der Waals surface area contributed by atoms with E-state index in [0.29, 0.717) is 5.75 Å². The number of nitrogens with one attached hydrogen (secondary N) is 1. The van der Waals surface area contributed by atoms with Gasteiger partial charge in [-0.3, -0.25) is 9.59 Å². The quantitative estimate of drug-likeness (QED) is 0.692. The van der Waals surface area contributed by atoms with Crippen molar-refractivity contribution < 1.29 is 19.5 Å². The van der Waals surface area contributed by atoms with E-state index in [2.05, 4.69) is 5.32 Å². The number of carbonyl (C=O) groups excluding carboxylic acids is 2. The maximum Gasteiger partial charge on any atom is 0.326 e. The standard InChI is InChI=1S/C8H13NO4S/c1-5(10)9-7(8(12)13)3-4-14-6(2)11/h7H,3-4H2,1-2H3,(H,9,10)(H,12,13). The Kier molecular flexibility index (Phi) is 5.94. The molecule has 0 saturated carbocycles. The fraction of sp³-hybridized carbons (Fsp3) is 0.625. The summed E-state index contributed by atoms with van der Waals surface area (Å²) in [6.45, 7) is 2.67. The molecule has 14 heavy (non-hydrogen) atoms. The minimum atomic E-state index is -1.08. The first-order valence-corrected chi connectivity index (χ1v) is 5.05. The summed E-state index contributed by atoms with van der Waals surface area (Å²) in [6.07, 6.45) is 0.249. The monoisotopic (exact) mass is 219 g/mol. The van der Waals surface area contributed by atoms with Crippen LogP contribution in [-0.4, -0.2) is 33.9 Å². The largest absolute Gasteiger partial charge is 0.480 e. The highest BCUT2D eigenvalue weighted by atomic mass is 32.2. The lowest BCUT2D eigenvalue weighted by Gasteiger charge is -2.11. The molecule has 0 aliphatic carbocycles. The number of amides is 1. The average Bonchev–Trinajstić information content (AvgIpc) is 2.00. The van der Waals surface area contributed by atoms with E-state index in [1.54, 1.807) is 0 Å². The van der Waals surface area contributed by atoms with E-state index in [1.807, 2.05) is 0 Å². The van der Waals surface area contributed by atoms with Crippen molar-refractivity contribution in [1.82, 2.24) is 5.32 Å². The Hall–Kier alpha value is -1.04. The number of hydrogen-bond donors (Lipinski definition) is 2. The molecule has 0 aromatic rings. The second-order valence-corrected chi connectivity index (χ2v) is 3.99. The third-order valence-corrected chi connectivity index (χ3v) is 2.23. The summed E-state index contributed by atoms with van der Waals surface area (Å²) in [7, 11) is 0. The Bertz CT molecular complexity index is 241. The Morgan fingerprint density at radius 1 is 1.36 bits per heavy atom. The highest BCUT2D eigenvalue weighted by Crippen LogP contribution is 2.05. The summed E-state index contributed by atoms with van der Waals surface area (Å²) in [5.41, 5.74) is 0. The molecule has 5 nitrogen and oxygen atoms in total. The molecule has 0 saturated heterocycles. The summed E-state index contributed by atoms with van der Waals surface area (Å²) < 4.78 is 0. The van der Waals surface area contributed by atoms with Gasteiger partial charge in [0.05, 0.1) is 0 Å². The number of rotatable bonds is 5. The SMILES string of the molecule is CC(=O)NC(CCSC(C)=O)C(=O)O. The van der Waals surface area contributed by atoms with E-state index in [-0.39, 0.29) is 17.4 Å². The first kappa shape index (κ1) is 13.0. The predicted octanol–water partition coefficient (Wildman–Crippen LogP) is 0.245. The Balaban J connectivity index is 3.91. The van der Waals surface area contributed by atoms with Gasteiger partial charge in [-0.1, -0.05) is 11.8 Å². The van der Waals surface area contributed by atoms with Gasteiger partial charge >= 0.3 is 5.97 Å². The lowest BCUT2D eigenvalue weighted by molar-refractivity contribution is -0.141. The summed E-state index contributed by atoms with van der Waals surface area (Å²) >= 11 is 1.05. The molecular formula is C8H13NO4S. The van der Waals surface area contributed by atoms with Gasteiger partial charge in [-0.2, -0.15) is 0 Å². The Morgan fingerprint density at radius 3 is 2.29 bits per heavy atom. The van der Waals surface area contributed by atoms with Crippen LogP contribution in [0.2, 0.25) is 0 Å². The zero-order valence-electron chi connectivity index (χ0n) is 8.07. The zero-order chi connectivity index (χ0) is 11.1. The first-order chi connectivity index (χ1) is 6.43. The molecule has 0 heterocycles. The third-order valence-electron chi connectivity index (χ3n) is 1.39. The van der Waals surface area contributed by atoms with Crippen LogP contribution >= 0.6 is 11.8 Å². The Morgan fingerprint density at radius 2 is 1.93 bits per heavy atom. The van der Waals surface area contributed by atoms with Crippen LogP contribution in [0.3, 0.4) is 0 Å². The van der Waals surface area contributed by atoms with Crippen LogP contribution in [0.15, 0.2) is 0 Å². The minimum Gasteiger partial charge on any atom is -0.480 e. The maximum absolute atomic E-state index is 10.6. The van der Waals surface area contributed by atoms with E-state index in [1.165, 1.54) is 13.8 Å². The van der Waals surface area contributed by atoms with Crippen molar-refractivity contribution in [3.8, 4) is 0 Å². The lowest BCUT2D eigenvalue weighted by atomic mass is 10.2. The van der Waals surface area contributed by atoms with E-state index in [9.17, 15) is 14.4 Å². The van der Waals surface area contributed by atoms with Crippen molar-refractivity contribution in [3.63, 3.8) is 0 Å². The summed E-state index contributed by atoms with van der Waals surface area (Å²) in [4.78, 5) is 31.8. The van der Waals surface area contributed by atoms with Crippen LogP contribution < -0.4 is 5.32 Å². The van der Waals surface area contributed by atoms with Crippen molar-refractivity contribution in [2.45, 2.75) is 26.3 Å². The van der Waals surface area contributed by atoms with Crippen LogP contribution in [0.1, 0.15) is 20.3 Å². The predicted molar refractivity (Wildman–Crippen MR) is 53.0 cm³/mol. The molecule has 0 bridgehead atoms. The normalized spacial score (nSPS) is 11.9. The number of carboxylic acids is 1. The molecule has 0 rings (SSSR count). The summed E-state index contributed by atoms with van der Waals surface area (Å²) in [6, 6.07) is -0.903. The van der Waals surface area contributed by atoms with Crippen molar-refractivity contribution in [2.75, 3.05) is 5.75 Å². The van der Waals surface area contributed by atoms with Crippen molar-refractivity contribution in [3.05, 3.63) is 0 Å². The van der Waals surface area contributed by atoms with Gasteiger partial charge in [-0.05, 0) is 6.42 Å². The lowest BCUT2D eigenvalue weighted by Crippen LogP contribution is -2.39. The van der Waals surface area contributed by atoms with Crippen LogP contribution in [0.4, 0.5) is 0 Å². The van der Waals surface area contributed by atoms with E-state index in [0.717, 1.165) is 11.8 Å². The van der Waals surface area contributed by atoms with Crippen LogP contribution in [0, 0.1) is 0 Å². The van der Waals surface area contributed by atoms with E-state index >= 15 is 0 Å². The first-order valence-electron chi connectivity index (χ1n) is 4.06. The van der Waals surface area contributed by atoms with Crippen molar-refractivity contribution in [1.29, 1.82) is 0 Å². The van der Waals surface area contributed by atoms with Crippen LogP contribution in [0.25, 0.3) is 0 Å². The van der Waals surface area contributed by atoms with Gasteiger partial charge in [0.2, 0.25) is 5.91 Å². The molecule has 0 aliphatic rings. The van der Waals surface area contributed by atoms with E-state index in [4.69, 9.17) is 5.11 Å². The Labute approximate surface area is 86.2 Å². The number of hydrogen-bond acceptors (Lipinski definition) is 4. The molecular weight excluding hydrogens is 206 g/mol. The smallest absolute Gasteiger partial charge is 0.326 e. The van der Waals surface area contributed by atoms with Gasteiger partial charge in [-0.15, -0.1) is 0 Å². The van der Waals surface area contributed by atoms with E-state index < -0.39 is 12.0 Å². The molecule has 0 aromatic carbocycles. The minimum absolute atomic E-state index is 0.0584. The number of carbonyl (C=O) groups is 3. The van der Waals surface area contributed by atoms with Crippen LogP contribution in [0.5, 0.6) is 0 Å². The zero-order valence-corrected chi connectivity index (χ0v) is 8.89. The molecule has 1 atom stereocenters. The third kappa shape index (κ3) is 6.47. The van der Waals surface area contributed by atoms with Gasteiger partial charge in [0.1, 0.15) is 6.04 Å². The summed E-state index contributed by atoms with van der Waals surface area (Å²) in [5, 5.41) is 10.9. The summed E-state index contributed by atoms with van der Waals surface area (Å²) in [5.74, 6) is -1.07. The molecule has 0 spiro atoms. The van der Waals surface area contributed by atoms with Gasteiger partial charge in [-0.25, -0.2) is 4.79 Å². The molecule has 0 aliphatic heterocycles. The molecule has 6 heteroatoms. The highest BCUT2D eigenvalue weighted by Gasteiger charge is 2.17. The fourth-order valence-electron chi connectivity index (χ4n) is 0.823. The molecule has 2 N–H and O–H groups in total. The maximum atomic E-state index is 10.6. The van der Waals surface area contributed by atoms with Gasteiger partial charge in [0, 0.05) is 19.6 Å². The average molecular weight is 219 g/mol. The van der Waals surface area contributed by atoms with Gasteiger partial charge in [0.15, 0.2) is 5.12 Å². The topological polar surface area (TPSA) is 83.5 Å². The fourth-order valence-corrected chi connectivity index (χ4v) is 1.46. The molecule has 1 amide bonds. The molecule has 0 aromatic heterocycles. The van der Waals surface area contributed by atoms with Gasteiger partial charge in [0.25, 0.3) is 0 Å². The highest BCUT2D eigenvalue weighted by molar-refractivity contribution is 8.13.